The van der Waals surface area contributed by atoms with Crippen molar-refractivity contribution in [1.82, 2.24) is 24.6 Å². The summed E-state index contributed by atoms with van der Waals surface area (Å²) in [5, 5.41) is 5.10. The maximum Gasteiger partial charge on any atom is 0.240 e. The van der Waals surface area contributed by atoms with E-state index in [2.05, 4.69) is 23.8 Å². The van der Waals surface area contributed by atoms with Crippen LogP contribution in [0.15, 0.2) is 36.5 Å². The van der Waals surface area contributed by atoms with Gasteiger partial charge in [0.1, 0.15) is 17.0 Å². The largest absolute Gasteiger partial charge is 0.354 e. The highest BCUT2D eigenvalue weighted by Gasteiger charge is 2.25. The Hall–Kier alpha value is -2.67. The van der Waals surface area contributed by atoms with Gasteiger partial charge < -0.3 is 9.80 Å². The predicted octanol–water partition coefficient (Wildman–Crippen LogP) is 4.39. The second-order valence-corrected chi connectivity index (χ2v) is 9.16. The number of rotatable bonds is 6. The summed E-state index contributed by atoms with van der Waals surface area (Å²) < 4.78 is 1.89. The molecule has 7 nitrogen and oxygen atoms in total. The summed E-state index contributed by atoms with van der Waals surface area (Å²) in [4.78, 5) is 26.5. The molecule has 170 valence electrons. The van der Waals surface area contributed by atoms with Crippen molar-refractivity contribution in [3.63, 3.8) is 0 Å². The van der Waals surface area contributed by atoms with Crippen molar-refractivity contribution in [2.24, 2.45) is 0 Å². The van der Waals surface area contributed by atoms with Gasteiger partial charge in [-0.1, -0.05) is 38.5 Å². The second kappa shape index (κ2) is 9.86. The lowest BCUT2D eigenvalue weighted by molar-refractivity contribution is -0.130. The van der Waals surface area contributed by atoms with Gasteiger partial charge in [-0.3, -0.25) is 4.79 Å². The molecule has 0 unspecified atom stereocenters. The summed E-state index contributed by atoms with van der Waals surface area (Å²) in [5.41, 5.74) is 1.80. The normalized spacial score (nSPS) is 16.8. The van der Waals surface area contributed by atoms with Gasteiger partial charge in [0, 0.05) is 32.1 Å². The standard InChI is InChI=1S/C24H31ClN6O/c1-4-9-17(2)21-27-22(29-12-8-13-30(15-14-29)24(32)18(3)25)20-16-26-31(23(20)28-21)19-10-6-5-7-11-19/h5-7,10-11,16-18H,4,8-9,12-15H2,1-3H3/t17-,18-/m1/s1. The maximum absolute atomic E-state index is 12.4. The highest BCUT2D eigenvalue weighted by Crippen LogP contribution is 2.29. The van der Waals surface area contributed by atoms with Gasteiger partial charge in [-0.05, 0) is 31.9 Å². The summed E-state index contributed by atoms with van der Waals surface area (Å²) >= 11 is 6.06. The summed E-state index contributed by atoms with van der Waals surface area (Å²) in [7, 11) is 0. The molecule has 8 heteroatoms. The van der Waals surface area contributed by atoms with Gasteiger partial charge in [-0.2, -0.15) is 5.10 Å². The number of hydrogen-bond donors (Lipinski definition) is 0. The fourth-order valence-electron chi connectivity index (χ4n) is 4.29. The Morgan fingerprint density at radius 1 is 1.09 bits per heavy atom. The molecule has 3 aromatic rings. The van der Waals surface area contributed by atoms with Crippen LogP contribution in [0.2, 0.25) is 0 Å². The van der Waals surface area contributed by atoms with Crippen molar-refractivity contribution in [2.75, 3.05) is 31.1 Å². The molecule has 1 aromatic carbocycles. The van der Waals surface area contributed by atoms with E-state index in [9.17, 15) is 4.79 Å². The highest BCUT2D eigenvalue weighted by molar-refractivity contribution is 6.30. The van der Waals surface area contributed by atoms with Gasteiger partial charge in [-0.15, -0.1) is 11.6 Å². The van der Waals surface area contributed by atoms with Crippen LogP contribution in [0.5, 0.6) is 0 Å². The van der Waals surface area contributed by atoms with Gasteiger partial charge in [0.2, 0.25) is 5.91 Å². The first kappa shape index (κ1) is 22.5. The third kappa shape index (κ3) is 4.58. The van der Waals surface area contributed by atoms with Gasteiger partial charge in [-0.25, -0.2) is 14.6 Å². The Labute approximate surface area is 194 Å². The number of amides is 1. The van der Waals surface area contributed by atoms with Crippen molar-refractivity contribution in [3.05, 3.63) is 42.4 Å². The summed E-state index contributed by atoms with van der Waals surface area (Å²) in [6.45, 7) is 8.98. The van der Waals surface area contributed by atoms with Crippen molar-refractivity contribution >= 4 is 34.4 Å². The van der Waals surface area contributed by atoms with Crippen LogP contribution in [-0.2, 0) is 4.79 Å². The number of para-hydroxylation sites is 1. The van der Waals surface area contributed by atoms with E-state index < -0.39 is 5.38 Å². The summed E-state index contributed by atoms with van der Waals surface area (Å²) in [6, 6.07) is 10.1. The number of fused-ring (bicyclic) bond motifs is 1. The monoisotopic (exact) mass is 454 g/mol. The second-order valence-electron chi connectivity index (χ2n) is 8.51. The Morgan fingerprint density at radius 2 is 1.88 bits per heavy atom. The molecule has 1 aliphatic rings. The number of carbonyl (C=O) groups is 1. The molecule has 32 heavy (non-hydrogen) atoms. The van der Waals surface area contributed by atoms with Crippen LogP contribution in [-0.4, -0.2) is 62.1 Å². The third-order valence-corrected chi connectivity index (χ3v) is 6.22. The lowest BCUT2D eigenvalue weighted by atomic mass is 10.1. The first-order valence-corrected chi connectivity index (χ1v) is 11.9. The van der Waals surface area contributed by atoms with Crippen LogP contribution in [0.4, 0.5) is 5.82 Å². The number of anilines is 1. The molecule has 0 N–H and O–H groups in total. The van der Waals surface area contributed by atoms with Crippen LogP contribution in [0.1, 0.15) is 51.8 Å². The third-order valence-electron chi connectivity index (χ3n) is 6.04. The van der Waals surface area contributed by atoms with Crippen molar-refractivity contribution in [3.8, 4) is 5.69 Å². The number of nitrogens with zero attached hydrogens (tertiary/aromatic N) is 6. The van der Waals surface area contributed by atoms with E-state index in [4.69, 9.17) is 21.6 Å². The zero-order valence-electron chi connectivity index (χ0n) is 19.0. The van der Waals surface area contributed by atoms with Gasteiger partial charge in [0.15, 0.2) is 5.65 Å². The molecule has 0 radical (unpaired) electrons. The fraction of sp³-hybridized carbons (Fsp3) is 0.500. The molecule has 1 aliphatic heterocycles. The highest BCUT2D eigenvalue weighted by atomic mass is 35.5. The molecule has 2 aromatic heterocycles. The van der Waals surface area contributed by atoms with Gasteiger partial charge in [0.25, 0.3) is 0 Å². The number of benzene rings is 1. The maximum atomic E-state index is 12.4. The van der Waals surface area contributed by atoms with E-state index in [1.807, 2.05) is 46.1 Å². The molecular weight excluding hydrogens is 424 g/mol. The number of halogens is 1. The van der Waals surface area contributed by atoms with E-state index in [0.717, 1.165) is 54.2 Å². The van der Waals surface area contributed by atoms with E-state index in [1.54, 1.807) is 6.92 Å². The van der Waals surface area contributed by atoms with E-state index in [-0.39, 0.29) is 11.8 Å². The quantitative estimate of drug-likeness (QED) is 0.517. The molecule has 1 saturated heterocycles. The average molecular weight is 455 g/mol. The SMILES string of the molecule is CCC[C@@H](C)c1nc(N2CCCN(C(=O)[C@@H](C)Cl)CC2)c2cnn(-c3ccccc3)c2n1. The summed E-state index contributed by atoms with van der Waals surface area (Å²) in [5.74, 6) is 2.00. The Balaban J connectivity index is 1.74. The minimum atomic E-state index is -0.502. The molecule has 3 heterocycles. The van der Waals surface area contributed by atoms with Gasteiger partial charge in [0.05, 0.1) is 17.3 Å². The van der Waals surface area contributed by atoms with Crippen LogP contribution in [0.25, 0.3) is 16.7 Å². The molecule has 2 atom stereocenters. The van der Waals surface area contributed by atoms with Crippen LogP contribution in [0, 0.1) is 0 Å². The smallest absolute Gasteiger partial charge is 0.240 e. The Bertz CT molecular complexity index is 1070. The molecule has 0 bridgehead atoms. The molecule has 0 aliphatic carbocycles. The molecule has 0 spiro atoms. The van der Waals surface area contributed by atoms with Crippen molar-refractivity contribution < 1.29 is 4.79 Å². The molecular formula is C24H31ClN6O. The van der Waals surface area contributed by atoms with Crippen molar-refractivity contribution in [2.45, 2.75) is 51.3 Å². The Morgan fingerprint density at radius 3 is 2.59 bits per heavy atom. The van der Waals surface area contributed by atoms with E-state index >= 15 is 0 Å². The molecule has 1 amide bonds. The minimum absolute atomic E-state index is 0.00416. The zero-order valence-corrected chi connectivity index (χ0v) is 19.8. The predicted molar refractivity (Wildman–Crippen MR) is 129 cm³/mol. The number of carbonyl (C=O) groups excluding carboxylic acids is 1. The van der Waals surface area contributed by atoms with Gasteiger partial charge >= 0.3 is 0 Å². The summed E-state index contributed by atoms with van der Waals surface area (Å²) in [6.07, 6.45) is 4.83. The zero-order chi connectivity index (χ0) is 22.7. The van der Waals surface area contributed by atoms with E-state index in [1.165, 1.54) is 0 Å². The number of alkyl halides is 1. The van der Waals surface area contributed by atoms with E-state index in [0.29, 0.717) is 19.6 Å². The van der Waals surface area contributed by atoms with Crippen LogP contribution in [0.3, 0.4) is 0 Å². The Kier molecular flexibility index (Phi) is 6.94. The number of hydrogen-bond acceptors (Lipinski definition) is 5. The van der Waals surface area contributed by atoms with Crippen molar-refractivity contribution in [1.29, 1.82) is 0 Å². The topological polar surface area (TPSA) is 67.2 Å². The lowest BCUT2D eigenvalue weighted by Crippen LogP contribution is -2.38. The lowest BCUT2D eigenvalue weighted by Gasteiger charge is -2.24. The molecule has 0 saturated carbocycles. The first-order valence-electron chi connectivity index (χ1n) is 11.5. The minimum Gasteiger partial charge on any atom is -0.354 e. The van der Waals surface area contributed by atoms with Crippen LogP contribution >= 0.6 is 11.6 Å². The fourth-order valence-corrected chi connectivity index (χ4v) is 4.43. The van der Waals surface area contributed by atoms with Crippen LogP contribution < -0.4 is 4.90 Å². The molecule has 1 fully saturated rings. The average Bonchev–Trinajstić information content (AvgIpc) is 3.08. The molecule has 4 rings (SSSR count). The number of aromatic nitrogens is 4. The first-order chi connectivity index (χ1) is 15.5.